The largest absolute Gasteiger partial charge is 0.391 e. The molecule has 3 rings (SSSR count). The number of hydrogen-bond donors (Lipinski definition) is 3. The zero-order valence-electron chi connectivity index (χ0n) is 18.8. The first-order chi connectivity index (χ1) is 15.1. The van der Waals surface area contributed by atoms with E-state index in [1.54, 1.807) is 0 Å². The summed E-state index contributed by atoms with van der Waals surface area (Å²) in [5, 5.41) is 23.4. The van der Waals surface area contributed by atoms with Crippen molar-refractivity contribution < 1.29 is 19.5 Å². The van der Waals surface area contributed by atoms with E-state index < -0.39 is 29.5 Å². The van der Waals surface area contributed by atoms with Crippen molar-refractivity contribution in [3.05, 3.63) is 47.8 Å². The van der Waals surface area contributed by atoms with Crippen LogP contribution in [0.5, 0.6) is 0 Å². The lowest BCUT2D eigenvalue weighted by Gasteiger charge is -2.34. The molecule has 1 aliphatic rings. The first-order valence-corrected chi connectivity index (χ1v) is 10.6. The molecule has 0 unspecified atom stereocenters. The highest BCUT2D eigenvalue weighted by Crippen LogP contribution is 2.34. The van der Waals surface area contributed by atoms with Crippen LogP contribution in [-0.4, -0.2) is 68.5 Å². The van der Waals surface area contributed by atoms with Crippen LogP contribution in [0.15, 0.2) is 36.5 Å². The van der Waals surface area contributed by atoms with Gasteiger partial charge in [-0.2, -0.15) is 0 Å². The van der Waals surface area contributed by atoms with Crippen LogP contribution in [0.2, 0.25) is 0 Å². The molecule has 3 atom stereocenters. The third-order valence-corrected chi connectivity index (χ3v) is 5.47. The summed E-state index contributed by atoms with van der Waals surface area (Å²) in [5.74, 6) is -1.09. The fourth-order valence-corrected chi connectivity index (χ4v) is 3.89. The average Bonchev–Trinajstić information content (AvgIpc) is 3.38. The molecule has 3 amide bonds. The van der Waals surface area contributed by atoms with Gasteiger partial charge in [-0.1, -0.05) is 56.3 Å². The van der Waals surface area contributed by atoms with Gasteiger partial charge in [0.2, 0.25) is 11.8 Å². The molecule has 1 aromatic heterocycles. The number of aliphatic hydroxyl groups is 1. The fourth-order valence-electron chi connectivity index (χ4n) is 3.89. The van der Waals surface area contributed by atoms with E-state index in [9.17, 15) is 19.5 Å². The molecule has 3 N–H and O–H groups in total. The van der Waals surface area contributed by atoms with E-state index in [1.165, 1.54) is 22.8 Å². The number of amides is 3. The lowest BCUT2D eigenvalue weighted by atomic mass is 9.85. The van der Waals surface area contributed by atoms with Crippen molar-refractivity contribution in [1.82, 2.24) is 30.5 Å². The van der Waals surface area contributed by atoms with Gasteiger partial charge in [-0.25, -0.2) is 4.68 Å². The van der Waals surface area contributed by atoms with Crippen molar-refractivity contribution in [1.29, 1.82) is 0 Å². The van der Waals surface area contributed by atoms with Crippen LogP contribution < -0.4 is 10.6 Å². The van der Waals surface area contributed by atoms with E-state index >= 15 is 0 Å². The summed E-state index contributed by atoms with van der Waals surface area (Å²) < 4.78 is 1.37. The van der Waals surface area contributed by atoms with Gasteiger partial charge in [0.15, 0.2) is 5.69 Å². The van der Waals surface area contributed by atoms with Crippen molar-refractivity contribution in [2.75, 3.05) is 13.6 Å². The maximum Gasteiger partial charge on any atom is 0.273 e. The molecule has 2 aromatic rings. The van der Waals surface area contributed by atoms with Gasteiger partial charge >= 0.3 is 0 Å². The van der Waals surface area contributed by atoms with Crippen LogP contribution in [0.3, 0.4) is 0 Å². The molecule has 10 nitrogen and oxygen atoms in total. The molecule has 1 fully saturated rings. The van der Waals surface area contributed by atoms with Gasteiger partial charge in [0.05, 0.1) is 12.3 Å². The molecule has 172 valence electrons. The highest BCUT2D eigenvalue weighted by atomic mass is 16.3. The van der Waals surface area contributed by atoms with Crippen LogP contribution in [0.4, 0.5) is 0 Å². The second kappa shape index (κ2) is 9.47. The molecule has 1 saturated heterocycles. The Kier molecular flexibility index (Phi) is 6.93. The Hall–Kier alpha value is -3.27. The minimum Gasteiger partial charge on any atom is -0.391 e. The summed E-state index contributed by atoms with van der Waals surface area (Å²) in [6.45, 7) is 6.01. The second-order valence-corrected chi connectivity index (χ2v) is 9.03. The van der Waals surface area contributed by atoms with E-state index in [2.05, 4.69) is 20.9 Å². The summed E-state index contributed by atoms with van der Waals surface area (Å²) in [5.41, 5.74) is 0.444. The van der Waals surface area contributed by atoms with Crippen molar-refractivity contribution >= 4 is 17.7 Å². The molecule has 0 saturated carbocycles. The lowest BCUT2D eigenvalue weighted by Crippen LogP contribution is -2.49. The Morgan fingerprint density at radius 1 is 1.22 bits per heavy atom. The number of hydrogen-bond acceptors (Lipinski definition) is 6. The van der Waals surface area contributed by atoms with Crippen molar-refractivity contribution in [2.45, 2.75) is 51.9 Å². The number of carbonyl (C=O) groups is 3. The number of nitrogens with one attached hydrogen (secondary N) is 2. The Bertz CT molecular complexity index is 968. The van der Waals surface area contributed by atoms with E-state index in [4.69, 9.17) is 0 Å². The van der Waals surface area contributed by atoms with E-state index in [0.29, 0.717) is 6.54 Å². The fraction of sp³-hybridized carbons (Fsp3) is 0.500. The maximum absolute atomic E-state index is 13.5. The van der Waals surface area contributed by atoms with E-state index in [1.807, 2.05) is 51.1 Å². The number of carbonyl (C=O) groups excluding carboxylic acids is 3. The molecule has 0 radical (unpaired) electrons. The van der Waals surface area contributed by atoms with Crippen LogP contribution in [0.25, 0.3) is 0 Å². The quantitative estimate of drug-likeness (QED) is 0.598. The molecule has 0 aliphatic carbocycles. The Balaban J connectivity index is 1.80. The Morgan fingerprint density at radius 3 is 2.53 bits per heavy atom. The zero-order valence-corrected chi connectivity index (χ0v) is 18.8. The van der Waals surface area contributed by atoms with Crippen LogP contribution in [0.1, 0.15) is 49.3 Å². The highest BCUT2D eigenvalue weighted by Gasteiger charge is 2.45. The number of likely N-dealkylation sites (N-methyl/N-ethyl adjacent to an activating group) is 1. The normalized spacial score (nSPS) is 19.5. The van der Waals surface area contributed by atoms with E-state index in [-0.39, 0.29) is 30.5 Å². The standard InChI is InChI=1S/C22H30N6O4/c1-22(2,3)18(21(32)27-12-15(29)10-17(27)20(31)23-4)28-13-16(25-26-28)19(30)24-11-14-8-6-5-7-9-14/h5-9,13,15,17-18,29H,10-12H2,1-4H3,(H,23,31)(H,24,30)/t15-,17+,18-/m1/s1. The summed E-state index contributed by atoms with van der Waals surface area (Å²) in [7, 11) is 1.49. The van der Waals surface area contributed by atoms with Gasteiger partial charge in [0.25, 0.3) is 5.91 Å². The number of aliphatic hydroxyl groups excluding tert-OH is 1. The smallest absolute Gasteiger partial charge is 0.273 e. The molecule has 1 aliphatic heterocycles. The van der Waals surface area contributed by atoms with Gasteiger partial charge in [0, 0.05) is 26.6 Å². The first-order valence-electron chi connectivity index (χ1n) is 10.6. The highest BCUT2D eigenvalue weighted by molar-refractivity contribution is 5.92. The van der Waals surface area contributed by atoms with Crippen molar-refractivity contribution in [3.63, 3.8) is 0 Å². The minimum atomic E-state index is -0.817. The number of benzene rings is 1. The number of likely N-dealkylation sites (tertiary alicyclic amines) is 1. The number of nitrogens with zero attached hydrogens (tertiary/aromatic N) is 4. The third kappa shape index (κ3) is 5.13. The molecular weight excluding hydrogens is 412 g/mol. The number of β-amino-alcohol motifs (C(OH)–C–C–N with tert-alkyl or cyclic N) is 1. The topological polar surface area (TPSA) is 129 Å². The minimum absolute atomic E-state index is 0.0582. The summed E-state index contributed by atoms with van der Waals surface area (Å²) in [6, 6.07) is 7.90. The lowest BCUT2D eigenvalue weighted by molar-refractivity contribution is -0.144. The van der Waals surface area contributed by atoms with Gasteiger partial charge < -0.3 is 20.6 Å². The summed E-state index contributed by atoms with van der Waals surface area (Å²) >= 11 is 0. The Morgan fingerprint density at radius 2 is 1.91 bits per heavy atom. The number of aromatic nitrogens is 3. The molecule has 0 bridgehead atoms. The maximum atomic E-state index is 13.5. The van der Waals surface area contributed by atoms with Crippen LogP contribution in [-0.2, 0) is 16.1 Å². The van der Waals surface area contributed by atoms with Gasteiger partial charge in [-0.3, -0.25) is 14.4 Å². The molecule has 32 heavy (non-hydrogen) atoms. The molecular formula is C22H30N6O4. The predicted octanol–water partition coefficient (Wildman–Crippen LogP) is 0.503. The second-order valence-electron chi connectivity index (χ2n) is 9.03. The third-order valence-electron chi connectivity index (χ3n) is 5.47. The van der Waals surface area contributed by atoms with Crippen LogP contribution >= 0.6 is 0 Å². The number of rotatable bonds is 6. The molecule has 1 aromatic carbocycles. The molecule has 10 heteroatoms. The predicted molar refractivity (Wildman–Crippen MR) is 116 cm³/mol. The summed E-state index contributed by atoms with van der Waals surface area (Å²) in [4.78, 5) is 39.7. The van der Waals surface area contributed by atoms with Crippen LogP contribution in [0, 0.1) is 5.41 Å². The average molecular weight is 443 g/mol. The first kappa shape index (κ1) is 23.4. The monoisotopic (exact) mass is 442 g/mol. The van der Waals surface area contributed by atoms with E-state index in [0.717, 1.165) is 5.56 Å². The SMILES string of the molecule is CNC(=O)[C@@H]1C[C@@H](O)CN1C(=O)[C@@H](n1cc(C(=O)NCc2ccccc2)nn1)C(C)(C)C. The Labute approximate surface area is 187 Å². The molecule has 2 heterocycles. The van der Waals surface area contributed by atoms with Gasteiger partial charge in [-0.05, 0) is 11.0 Å². The zero-order chi connectivity index (χ0) is 23.5. The molecule has 0 spiro atoms. The van der Waals surface area contributed by atoms with Crippen molar-refractivity contribution in [2.24, 2.45) is 5.41 Å². The van der Waals surface area contributed by atoms with Gasteiger partial charge in [0.1, 0.15) is 12.1 Å². The summed E-state index contributed by atoms with van der Waals surface area (Å²) in [6.07, 6.45) is 0.833. The van der Waals surface area contributed by atoms with Gasteiger partial charge in [-0.15, -0.1) is 5.10 Å². The van der Waals surface area contributed by atoms with Crippen molar-refractivity contribution in [3.8, 4) is 0 Å².